The van der Waals surface area contributed by atoms with E-state index < -0.39 is 0 Å². The summed E-state index contributed by atoms with van der Waals surface area (Å²) in [5.74, 6) is 0.756. The molecule has 1 heterocycles. The van der Waals surface area contributed by atoms with Gasteiger partial charge in [0.2, 0.25) is 0 Å². The fourth-order valence-electron chi connectivity index (χ4n) is 1.34. The van der Waals surface area contributed by atoms with E-state index in [1.807, 2.05) is 0 Å². The van der Waals surface area contributed by atoms with E-state index in [0.29, 0.717) is 6.54 Å². The first-order valence-corrected chi connectivity index (χ1v) is 5.05. The summed E-state index contributed by atoms with van der Waals surface area (Å²) in [6.45, 7) is 2.70. The number of nitrogens with zero attached hydrogens (tertiary/aromatic N) is 1. The van der Waals surface area contributed by atoms with E-state index >= 15 is 0 Å². The van der Waals surface area contributed by atoms with Crippen molar-refractivity contribution in [3.05, 3.63) is 27.9 Å². The second-order valence-corrected chi connectivity index (χ2v) is 3.33. The predicted molar refractivity (Wildman–Crippen MR) is 56.2 cm³/mol. The lowest BCUT2D eigenvalue weighted by molar-refractivity contribution is 0.754. The third kappa shape index (κ3) is 3.30. The molecule has 14 heavy (non-hydrogen) atoms. The van der Waals surface area contributed by atoms with Crippen molar-refractivity contribution in [1.29, 1.82) is 0 Å². The van der Waals surface area contributed by atoms with Crippen molar-refractivity contribution in [2.45, 2.75) is 32.6 Å². The molecule has 0 bridgehead atoms. The van der Waals surface area contributed by atoms with Gasteiger partial charge < -0.3 is 10.7 Å². The molecule has 3 N–H and O–H groups in total. The summed E-state index contributed by atoms with van der Waals surface area (Å²) in [5, 5.41) is 0. The van der Waals surface area contributed by atoms with E-state index in [1.54, 1.807) is 6.07 Å². The number of H-pyrrole nitrogens is 1. The van der Waals surface area contributed by atoms with Gasteiger partial charge in [0.1, 0.15) is 5.82 Å². The van der Waals surface area contributed by atoms with Gasteiger partial charge in [-0.2, -0.15) is 0 Å². The molecule has 1 rings (SSSR count). The Kier molecular flexibility index (Phi) is 4.32. The smallest absolute Gasteiger partial charge is 0.251 e. The quantitative estimate of drug-likeness (QED) is 0.723. The molecule has 0 spiro atoms. The maximum atomic E-state index is 11.2. The summed E-state index contributed by atoms with van der Waals surface area (Å²) in [5.41, 5.74) is 6.21. The van der Waals surface area contributed by atoms with Gasteiger partial charge in [0.15, 0.2) is 0 Å². The van der Waals surface area contributed by atoms with Gasteiger partial charge >= 0.3 is 0 Å². The SMILES string of the molecule is CCCc1cc(=O)[nH]c(CCCN)n1. The Morgan fingerprint density at radius 1 is 1.50 bits per heavy atom. The topological polar surface area (TPSA) is 71.8 Å². The average molecular weight is 195 g/mol. The zero-order valence-corrected chi connectivity index (χ0v) is 8.55. The highest BCUT2D eigenvalue weighted by molar-refractivity contribution is 5.03. The molecule has 1 aromatic rings. The molecule has 78 valence electrons. The molecule has 0 aliphatic heterocycles. The Morgan fingerprint density at radius 3 is 2.93 bits per heavy atom. The van der Waals surface area contributed by atoms with E-state index in [0.717, 1.165) is 37.2 Å². The van der Waals surface area contributed by atoms with Crippen LogP contribution < -0.4 is 11.3 Å². The van der Waals surface area contributed by atoms with Gasteiger partial charge in [-0.05, 0) is 19.4 Å². The lowest BCUT2D eigenvalue weighted by Crippen LogP contribution is -2.14. The van der Waals surface area contributed by atoms with E-state index in [-0.39, 0.29) is 5.56 Å². The van der Waals surface area contributed by atoms with Gasteiger partial charge in [-0.25, -0.2) is 4.98 Å². The number of hydrogen-bond donors (Lipinski definition) is 2. The first-order valence-electron chi connectivity index (χ1n) is 5.05. The van der Waals surface area contributed by atoms with Crippen LogP contribution in [-0.2, 0) is 12.8 Å². The van der Waals surface area contributed by atoms with Crippen molar-refractivity contribution in [2.24, 2.45) is 5.73 Å². The normalized spacial score (nSPS) is 10.4. The molecule has 1 aromatic heterocycles. The molecule has 0 atom stereocenters. The monoisotopic (exact) mass is 195 g/mol. The minimum absolute atomic E-state index is 0.0597. The maximum absolute atomic E-state index is 11.2. The number of aromatic nitrogens is 2. The average Bonchev–Trinajstić information content (AvgIpc) is 2.14. The number of rotatable bonds is 5. The number of nitrogens with two attached hydrogens (primary N) is 1. The molecule has 0 unspecified atom stereocenters. The molecular formula is C10H17N3O. The summed E-state index contributed by atoms with van der Waals surface area (Å²) in [6.07, 6.45) is 3.48. The molecule has 0 radical (unpaired) electrons. The highest BCUT2D eigenvalue weighted by Gasteiger charge is 1.99. The molecule has 0 aromatic carbocycles. The Balaban J connectivity index is 2.78. The summed E-state index contributed by atoms with van der Waals surface area (Å²) in [6, 6.07) is 1.56. The van der Waals surface area contributed by atoms with Gasteiger partial charge in [-0.15, -0.1) is 0 Å². The molecule has 4 heteroatoms. The van der Waals surface area contributed by atoms with Gasteiger partial charge in [-0.3, -0.25) is 4.79 Å². The summed E-state index contributed by atoms with van der Waals surface area (Å²) < 4.78 is 0. The predicted octanol–water partition coefficient (Wildman–Crippen LogP) is 0.614. The Bertz CT molecular complexity index is 332. The summed E-state index contributed by atoms with van der Waals surface area (Å²) >= 11 is 0. The zero-order chi connectivity index (χ0) is 10.4. The van der Waals surface area contributed by atoms with Crippen molar-refractivity contribution >= 4 is 0 Å². The van der Waals surface area contributed by atoms with Crippen molar-refractivity contribution in [3.63, 3.8) is 0 Å². The fourth-order valence-corrected chi connectivity index (χ4v) is 1.34. The highest BCUT2D eigenvalue weighted by atomic mass is 16.1. The van der Waals surface area contributed by atoms with Gasteiger partial charge in [0.25, 0.3) is 5.56 Å². The second kappa shape index (κ2) is 5.54. The third-order valence-corrected chi connectivity index (χ3v) is 1.97. The van der Waals surface area contributed by atoms with Crippen molar-refractivity contribution < 1.29 is 0 Å². The zero-order valence-electron chi connectivity index (χ0n) is 8.55. The summed E-state index contributed by atoms with van der Waals surface area (Å²) in [7, 11) is 0. The van der Waals surface area contributed by atoms with Crippen LogP contribution in [0, 0.1) is 0 Å². The number of hydrogen-bond acceptors (Lipinski definition) is 3. The van der Waals surface area contributed by atoms with Gasteiger partial charge in [-0.1, -0.05) is 13.3 Å². The number of nitrogens with one attached hydrogen (secondary N) is 1. The lowest BCUT2D eigenvalue weighted by atomic mass is 10.2. The largest absolute Gasteiger partial charge is 0.330 e. The molecule has 0 amide bonds. The molecule has 0 saturated carbocycles. The summed E-state index contributed by atoms with van der Waals surface area (Å²) in [4.78, 5) is 18.3. The van der Waals surface area contributed by atoms with Crippen LogP contribution in [0.1, 0.15) is 31.3 Å². The van der Waals surface area contributed by atoms with Crippen LogP contribution in [0.15, 0.2) is 10.9 Å². The van der Waals surface area contributed by atoms with E-state index in [2.05, 4.69) is 16.9 Å². The molecule has 0 aliphatic carbocycles. The van der Waals surface area contributed by atoms with Crippen LogP contribution in [-0.4, -0.2) is 16.5 Å². The van der Waals surface area contributed by atoms with Gasteiger partial charge in [0, 0.05) is 18.2 Å². The van der Waals surface area contributed by atoms with E-state index in [9.17, 15) is 4.79 Å². The Morgan fingerprint density at radius 2 is 2.29 bits per heavy atom. The molecule has 4 nitrogen and oxygen atoms in total. The van der Waals surface area contributed by atoms with Crippen molar-refractivity contribution in [1.82, 2.24) is 9.97 Å². The standard InChI is InChI=1S/C10H17N3O/c1-2-4-8-7-10(14)13-9(12-8)5-3-6-11/h7H,2-6,11H2,1H3,(H,12,13,14). The second-order valence-electron chi connectivity index (χ2n) is 3.33. The molecule has 0 saturated heterocycles. The van der Waals surface area contributed by atoms with Gasteiger partial charge in [0.05, 0.1) is 0 Å². The van der Waals surface area contributed by atoms with Crippen molar-refractivity contribution in [3.8, 4) is 0 Å². The van der Waals surface area contributed by atoms with Crippen LogP contribution in [0.4, 0.5) is 0 Å². The third-order valence-electron chi connectivity index (χ3n) is 1.97. The Hall–Kier alpha value is -1.16. The Labute approximate surface area is 83.6 Å². The van der Waals surface area contributed by atoms with Crippen molar-refractivity contribution in [2.75, 3.05) is 6.54 Å². The molecule has 0 fully saturated rings. The molecular weight excluding hydrogens is 178 g/mol. The van der Waals surface area contributed by atoms with Crippen LogP contribution in [0.25, 0.3) is 0 Å². The van der Waals surface area contributed by atoms with Crippen LogP contribution >= 0.6 is 0 Å². The van der Waals surface area contributed by atoms with Crippen LogP contribution in [0.3, 0.4) is 0 Å². The first kappa shape index (κ1) is 10.9. The minimum atomic E-state index is -0.0597. The molecule has 0 aliphatic rings. The number of aromatic amines is 1. The first-order chi connectivity index (χ1) is 6.76. The maximum Gasteiger partial charge on any atom is 0.251 e. The van der Waals surface area contributed by atoms with Crippen LogP contribution in [0.2, 0.25) is 0 Å². The number of aryl methyl sites for hydroxylation is 2. The van der Waals surface area contributed by atoms with Crippen LogP contribution in [0.5, 0.6) is 0 Å². The lowest BCUT2D eigenvalue weighted by Gasteiger charge is -2.02. The highest BCUT2D eigenvalue weighted by Crippen LogP contribution is 1.98. The fraction of sp³-hybridized carbons (Fsp3) is 0.600. The van der Waals surface area contributed by atoms with E-state index in [4.69, 9.17) is 5.73 Å². The van der Waals surface area contributed by atoms with E-state index in [1.165, 1.54) is 0 Å². The minimum Gasteiger partial charge on any atom is -0.330 e.